The second kappa shape index (κ2) is 9.47. The average Bonchev–Trinajstić information content (AvgIpc) is 3.44. The molecule has 2 aliphatic heterocycles. The summed E-state index contributed by atoms with van der Waals surface area (Å²) in [5, 5.41) is 5.98. The highest BCUT2D eigenvalue weighted by atomic mass is 16.5. The summed E-state index contributed by atoms with van der Waals surface area (Å²) in [6.45, 7) is 3.76. The smallest absolute Gasteiger partial charge is 0.319 e. The lowest BCUT2D eigenvalue weighted by Crippen LogP contribution is -2.38. The number of urea groups is 1. The standard InChI is InChI=1S/C24H32N4O3/c1-27-11-8-18-12-17(6-7-22(18)27)23(28-9-4-5-10-28)16-25-24(29)26-19-13-20(30-2)15-21(14-19)31-3/h6-7,12-15,23H,4-5,8-11,16H2,1-3H3,(H2,25,26,29). The molecule has 1 unspecified atom stereocenters. The van der Waals surface area contributed by atoms with Crippen molar-refractivity contribution in [3.8, 4) is 11.5 Å². The lowest BCUT2D eigenvalue weighted by atomic mass is 10.0. The summed E-state index contributed by atoms with van der Waals surface area (Å²) in [4.78, 5) is 17.4. The van der Waals surface area contributed by atoms with Gasteiger partial charge in [-0.15, -0.1) is 0 Å². The molecule has 0 radical (unpaired) electrons. The van der Waals surface area contributed by atoms with E-state index in [4.69, 9.17) is 9.47 Å². The predicted molar refractivity (Wildman–Crippen MR) is 124 cm³/mol. The molecule has 0 aliphatic carbocycles. The van der Waals surface area contributed by atoms with Crippen LogP contribution in [0.15, 0.2) is 36.4 Å². The molecule has 166 valence electrons. The number of likely N-dealkylation sites (N-methyl/N-ethyl adjacent to an activating group) is 1. The molecule has 2 heterocycles. The number of amides is 2. The number of methoxy groups -OCH3 is 2. The number of likely N-dealkylation sites (tertiary alicyclic amines) is 1. The molecule has 2 N–H and O–H groups in total. The van der Waals surface area contributed by atoms with E-state index in [1.54, 1.807) is 32.4 Å². The maximum atomic E-state index is 12.7. The number of hydrogen-bond donors (Lipinski definition) is 2. The van der Waals surface area contributed by atoms with E-state index < -0.39 is 0 Å². The Morgan fingerprint density at radius 1 is 1.03 bits per heavy atom. The summed E-state index contributed by atoms with van der Waals surface area (Å²) in [5.41, 5.74) is 4.63. The molecule has 2 aliphatic rings. The first kappa shape index (κ1) is 21.3. The van der Waals surface area contributed by atoms with Crippen LogP contribution in [0.25, 0.3) is 0 Å². The van der Waals surface area contributed by atoms with Gasteiger partial charge >= 0.3 is 6.03 Å². The minimum atomic E-state index is -0.236. The molecule has 7 nitrogen and oxygen atoms in total. The third kappa shape index (κ3) is 4.88. The van der Waals surface area contributed by atoms with Crippen LogP contribution in [0.5, 0.6) is 11.5 Å². The largest absolute Gasteiger partial charge is 0.497 e. The van der Waals surface area contributed by atoms with Gasteiger partial charge in [0.1, 0.15) is 11.5 Å². The third-order valence-electron chi connectivity index (χ3n) is 6.26. The number of hydrogen-bond acceptors (Lipinski definition) is 5. The van der Waals surface area contributed by atoms with Gasteiger partial charge in [0.05, 0.1) is 20.3 Å². The molecule has 0 spiro atoms. The number of ether oxygens (including phenoxy) is 2. The van der Waals surface area contributed by atoms with Gasteiger partial charge in [0, 0.05) is 49.7 Å². The lowest BCUT2D eigenvalue weighted by Gasteiger charge is -2.29. The highest BCUT2D eigenvalue weighted by Gasteiger charge is 2.26. The van der Waals surface area contributed by atoms with Crippen LogP contribution in [0.1, 0.15) is 30.0 Å². The molecule has 31 heavy (non-hydrogen) atoms. The number of carbonyl (C=O) groups excluding carboxylic acids is 1. The first-order valence-corrected chi connectivity index (χ1v) is 10.9. The van der Waals surface area contributed by atoms with Crippen molar-refractivity contribution in [2.75, 3.05) is 57.7 Å². The second-order valence-electron chi connectivity index (χ2n) is 8.25. The van der Waals surface area contributed by atoms with Gasteiger partial charge < -0.3 is 25.0 Å². The van der Waals surface area contributed by atoms with Crippen molar-refractivity contribution >= 4 is 17.4 Å². The lowest BCUT2D eigenvalue weighted by molar-refractivity contribution is 0.227. The Morgan fingerprint density at radius 3 is 2.42 bits per heavy atom. The van der Waals surface area contributed by atoms with E-state index in [9.17, 15) is 4.79 Å². The molecule has 4 rings (SSSR count). The van der Waals surface area contributed by atoms with Crippen molar-refractivity contribution in [1.29, 1.82) is 0 Å². The molecule has 0 saturated carbocycles. The number of rotatable bonds is 7. The number of benzene rings is 2. The van der Waals surface area contributed by atoms with Gasteiger partial charge in [-0.25, -0.2) is 4.79 Å². The van der Waals surface area contributed by atoms with Crippen LogP contribution in [0.3, 0.4) is 0 Å². The average molecular weight is 425 g/mol. The monoisotopic (exact) mass is 424 g/mol. The molecule has 2 amide bonds. The van der Waals surface area contributed by atoms with Gasteiger partial charge in [-0.3, -0.25) is 4.90 Å². The van der Waals surface area contributed by atoms with E-state index in [2.05, 4.69) is 45.7 Å². The maximum absolute atomic E-state index is 12.7. The van der Waals surface area contributed by atoms with Crippen molar-refractivity contribution in [3.05, 3.63) is 47.5 Å². The van der Waals surface area contributed by atoms with Crippen LogP contribution in [0.4, 0.5) is 16.2 Å². The molecule has 2 aromatic carbocycles. The Labute approximate surface area is 184 Å². The minimum Gasteiger partial charge on any atom is -0.497 e. The molecule has 1 atom stereocenters. The van der Waals surface area contributed by atoms with E-state index in [1.165, 1.54) is 29.7 Å². The Balaban J connectivity index is 1.45. The SMILES string of the molecule is COc1cc(NC(=O)NCC(c2ccc3c(c2)CCN3C)N2CCCC2)cc(OC)c1. The van der Waals surface area contributed by atoms with Gasteiger partial charge in [-0.2, -0.15) is 0 Å². The van der Waals surface area contributed by atoms with Crippen molar-refractivity contribution in [1.82, 2.24) is 10.2 Å². The molecular formula is C24H32N4O3. The molecule has 2 aromatic rings. The van der Waals surface area contributed by atoms with Crippen LogP contribution >= 0.6 is 0 Å². The number of nitrogens with one attached hydrogen (secondary N) is 2. The zero-order valence-electron chi connectivity index (χ0n) is 18.6. The molecule has 1 fully saturated rings. The number of anilines is 2. The fourth-order valence-electron chi connectivity index (χ4n) is 4.55. The summed E-state index contributed by atoms with van der Waals surface area (Å²) in [6, 6.07) is 12.0. The van der Waals surface area contributed by atoms with Crippen molar-refractivity contribution in [3.63, 3.8) is 0 Å². The summed E-state index contributed by atoms with van der Waals surface area (Å²) in [7, 11) is 5.32. The maximum Gasteiger partial charge on any atom is 0.319 e. The van der Waals surface area contributed by atoms with Crippen LogP contribution in [-0.2, 0) is 6.42 Å². The fraction of sp³-hybridized carbons (Fsp3) is 0.458. The van der Waals surface area contributed by atoms with E-state index in [-0.39, 0.29) is 12.1 Å². The van der Waals surface area contributed by atoms with E-state index in [0.717, 1.165) is 26.1 Å². The van der Waals surface area contributed by atoms with E-state index in [1.807, 2.05) is 0 Å². The summed E-state index contributed by atoms with van der Waals surface area (Å²) < 4.78 is 10.6. The fourth-order valence-corrected chi connectivity index (χ4v) is 4.55. The zero-order valence-corrected chi connectivity index (χ0v) is 18.6. The minimum absolute atomic E-state index is 0.171. The Hall–Kier alpha value is -2.93. The van der Waals surface area contributed by atoms with Gasteiger partial charge in [-0.05, 0) is 49.5 Å². The number of carbonyl (C=O) groups is 1. The van der Waals surface area contributed by atoms with Gasteiger partial charge in [-0.1, -0.05) is 12.1 Å². The normalized spacial score (nSPS) is 16.7. The highest BCUT2D eigenvalue weighted by Crippen LogP contribution is 2.32. The highest BCUT2D eigenvalue weighted by molar-refractivity contribution is 5.89. The molecule has 1 saturated heterocycles. The van der Waals surface area contributed by atoms with Crippen LogP contribution in [0, 0.1) is 0 Å². The van der Waals surface area contributed by atoms with Crippen LogP contribution in [-0.4, -0.2) is 58.4 Å². The topological polar surface area (TPSA) is 66.1 Å². The summed E-state index contributed by atoms with van der Waals surface area (Å²) >= 11 is 0. The Morgan fingerprint density at radius 2 is 1.74 bits per heavy atom. The third-order valence-corrected chi connectivity index (χ3v) is 6.26. The van der Waals surface area contributed by atoms with E-state index in [0.29, 0.717) is 23.7 Å². The molecule has 0 bridgehead atoms. The van der Waals surface area contributed by atoms with Gasteiger partial charge in [0.2, 0.25) is 0 Å². The Kier molecular flexibility index (Phi) is 6.51. The van der Waals surface area contributed by atoms with Crippen molar-refractivity contribution in [2.45, 2.75) is 25.3 Å². The van der Waals surface area contributed by atoms with E-state index >= 15 is 0 Å². The van der Waals surface area contributed by atoms with Gasteiger partial charge in [0.25, 0.3) is 0 Å². The van der Waals surface area contributed by atoms with Crippen molar-refractivity contribution in [2.24, 2.45) is 0 Å². The quantitative estimate of drug-likeness (QED) is 0.710. The first-order valence-electron chi connectivity index (χ1n) is 10.9. The van der Waals surface area contributed by atoms with Crippen LogP contribution in [0.2, 0.25) is 0 Å². The number of nitrogens with zero attached hydrogens (tertiary/aromatic N) is 2. The summed E-state index contributed by atoms with van der Waals surface area (Å²) in [5.74, 6) is 1.26. The number of fused-ring (bicyclic) bond motifs is 1. The van der Waals surface area contributed by atoms with Crippen LogP contribution < -0.4 is 25.0 Å². The molecular weight excluding hydrogens is 392 g/mol. The predicted octanol–water partition coefficient (Wildman–Crippen LogP) is 3.65. The zero-order chi connectivity index (χ0) is 21.8. The Bertz CT molecular complexity index is 905. The second-order valence-corrected chi connectivity index (χ2v) is 8.25. The van der Waals surface area contributed by atoms with Gasteiger partial charge in [0.15, 0.2) is 0 Å². The molecule has 7 heteroatoms. The molecule has 0 aromatic heterocycles. The first-order chi connectivity index (χ1) is 15.1. The summed E-state index contributed by atoms with van der Waals surface area (Å²) in [6.07, 6.45) is 3.50. The van der Waals surface area contributed by atoms with Crippen molar-refractivity contribution < 1.29 is 14.3 Å².